The van der Waals surface area contributed by atoms with Gasteiger partial charge in [0.15, 0.2) is 0 Å². The lowest BCUT2D eigenvalue weighted by Gasteiger charge is -2.14. The van der Waals surface area contributed by atoms with E-state index in [1.807, 2.05) is 13.0 Å². The minimum Gasteiger partial charge on any atom is -0.363 e. The largest absolute Gasteiger partial charge is 0.433 e. The lowest BCUT2D eigenvalue weighted by Crippen LogP contribution is -2.11. The summed E-state index contributed by atoms with van der Waals surface area (Å²) in [5.41, 5.74) is -0.908. The predicted octanol–water partition coefficient (Wildman–Crippen LogP) is 4.99. The predicted molar refractivity (Wildman–Crippen MR) is 70.6 cm³/mol. The second-order valence-corrected chi connectivity index (χ2v) is 5.66. The number of nitrogens with zero attached hydrogens (tertiary/aromatic N) is 1. The Hall–Kier alpha value is -1.27. The second kappa shape index (κ2) is 5.38. The topological polar surface area (TPSA) is 24.9 Å². The lowest BCUT2D eigenvalue weighted by atomic mass is 10.2. The minimum absolute atomic E-state index is 0.159. The van der Waals surface area contributed by atoms with E-state index in [1.54, 1.807) is 6.07 Å². The van der Waals surface area contributed by atoms with Crippen molar-refractivity contribution in [2.75, 3.05) is 5.32 Å². The number of aromatic nitrogens is 1. The van der Waals surface area contributed by atoms with Crippen molar-refractivity contribution in [3.8, 4) is 0 Å². The molecule has 7 heteroatoms. The zero-order valence-corrected chi connectivity index (χ0v) is 11.4. The Morgan fingerprint density at radius 3 is 2.58 bits per heavy atom. The Morgan fingerprint density at radius 2 is 2.00 bits per heavy atom. The highest BCUT2D eigenvalue weighted by molar-refractivity contribution is 7.16. The number of alkyl halides is 3. The molecular weight excluding hydrogens is 297 g/mol. The first-order valence-electron chi connectivity index (χ1n) is 5.42. The molecule has 1 atom stereocenters. The lowest BCUT2D eigenvalue weighted by molar-refractivity contribution is -0.141. The third-order valence-electron chi connectivity index (χ3n) is 2.42. The fourth-order valence-electron chi connectivity index (χ4n) is 1.53. The van der Waals surface area contributed by atoms with Crippen LogP contribution in [0.1, 0.15) is 23.5 Å². The molecule has 2 aromatic rings. The SMILES string of the molecule is CC(Nc1cccc(C(F)(F)F)n1)c1ccc(Cl)s1. The van der Waals surface area contributed by atoms with Crippen LogP contribution in [0.25, 0.3) is 0 Å². The van der Waals surface area contributed by atoms with Gasteiger partial charge >= 0.3 is 6.18 Å². The summed E-state index contributed by atoms with van der Waals surface area (Å²) in [6, 6.07) is 7.19. The fraction of sp³-hybridized carbons (Fsp3) is 0.250. The van der Waals surface area contributed by atoms with E-state index in [1.165, 1.54) is 23.5 Å². The molecule has 102 valence electrons. The van der Waals surface area contributed by atoms with Crippen molar-refractivity contribution in [2.24, 2.45) is 0 Å². The van der Waals surface area contributed by atoms with Crippen LogP contribution in [0.5, 0.6) is 0 Å². The van der Waals surface area contributed by atoms with Crippen molar-refractivity contribution >= 4 is 28.8 Å². The van der Waals surface area contributed by atoms with Gasteiger partial charge < -0.3 is 5.32 Å². The summed E-state index contributed by atoms with van der Waals surface area (Å²) in [5, 5.41) is 2.92. The number of thiophene rings is 1. The van der Waals surface area contributed by atoms with Crippen LogP contribution in [0.4, 0.5) is 19.0 Å². The average molecular weight is 307 g/mol. The summed E-state index contributed by atoms with van der Waals surface area (Å²) < 4.78 is 38.2. The molecule has 19 heavy (non-hydrogen) atoms. The Bertz CT molecular complexity index is 568. The molecule has 0 saturated heterocycles. The Kier molecular flexibility index (Phi) is 4.01. The molecule has 0 fully saturated rings. The van der Waals surface area contributed by atoms with Crippen LogP contribution in [-0.4, -0.2) is 4.98 Å². The normalized spacial score (nSPS) is 13.3. The first-order valence-corrected chi connectivity index (χ1v) is 6.62. The highest BCUT2D eigenvalue weighted by atomic mass is 35.5. The second-order valence-electron chi connectivity index (χ2n) is 3.91. The monoisotopic (exact) mass is 306 g/mol. The number of pyridine rings is 1. The number of hydrogen-bond acceptors (Lipinski definition) is 3. The van der Waals surface area contributed by atoms with Crippen molar-refractivity contribution in [2.45, 2.75) is 19.1 Å². The molecule has 2 nitrogen and oxygen atoms in total. The quantitative estimate of drug-likeness (QED) is 0.864. The zero-order chi connectivity index (χ0) is 14.0. The molecule has 0 saturated carbocycles. The summed E-state index contributed by atoms with van der Waals surface area (Å²) in [5.74, 6) is 0.187. The molecule has 0 aliphatic rings. The zero-order valence-electron chi connectivity index (χ0n) is 9.83. The van der Waals surface area contributed by atoms with Crippen molar-refractivity contribution in [3.63, 3.8) is 0 Å². The van der Waals surface area contributed by atoms with E-state index in [9.17, 15) is 13.2 Å². The van der Waals surface area contributed by atoms with E-state index in [2.05, 4.69) is 10.3 Å². The molecule has 0 spiro atoms. The highest BCUT2D eigenvalue weighted by Gasteiger charge is 2.32. The summed E-state index contributed by atoms with van der Waals surface area (Å²) in [7, 11) is 0. The Balaban J connectivity index is 2.15. The molecule has 0 aliphatic heterocycles. The van der Waals surface area contributed by atoms with Gasteiger partial charge in [-0.1, -0.05) is 17.7 Å². The molecule has 0 aromatic carbocycles. The summed E-state index contributed by atoms with van der Waals surface area (Å²) in [6.07, 6.45) is -4.44. The van der Waals surface area contributed by atoms with Gasteiger partial charge in [-0.15, -0.1) is 11.3 Å². The van der Waals surface area contributed by atoms with E-state index < -0.39 is 11.9 Å². The number of anilines is 1. The van der Waals surface area contributed by atoms with E-state index in [4.69, 9.17) is 11.6 Å². The van der Waals surface area contributed by atoms with Crippen LogP contribution in [0.2, 0.25) is 4.34 Å². The van der Waals surface area contributed by atoms with Gasteiger partial charge in [0.2, 0.25) is 0 Å². The minimum atomic E-state index is -4.44. The van der Waals surface area contributed by atoms with E-state index in [0.717, 1.165) is 10.9 Å². The van der Waals surface area contributed by atoms with Crippen molar-refractivity contribution in [1.82, 2.24) is 4.98 Å². The summed E-state index contributed by atoms with van der Waals surface area (Å²) >= 11 is 7.20. The van der Waals surface area contributed by atoms with Gasteiger partial charge in [0, 0.05) is 4.88 Å². The van der Waals surface area contributed by atoms with E-state index in [-0.39, 0.29) is 11.9 Å². The highest BCUT2D eigenvalue weighted by Crippen LogP contribution is 2.31. The molecule has 2 rings (SSSR count). The molecule has 0 bridgehead atoms. The third kappa shape index (κ3) is 3.61. The van der Waals surface area contributed by atoms with Gasteiger partial charge in [0.1, 0.15) is 11.5 Å². The number of hydrogen-bond donors (Lipinski definition) is 1. The van der Waals surface area contributed by atoms with Gasteiger partial charge in [-0.2, -0.15) is 13.2 Å². The smallest absolute Gasteiger partial charge is 0.363 e. The van der Waals surface area contributed by atoms with Crippen LogP contribution in [-0.2, 0) is 6.18 Å². The Morgan fingerprint density at radius 1 is 1.26 bits per heavy atom. The molecule has 0 aliphatic carbocycles. The van der Waals surface area contributed by atoms with Crippen molar-refractivity contribution < 1.29 is 13.2 Å². The maximum atomic E-state index is 12.5. The maximum Gasteiger partial charge on any atom is 0.433 e. The van der Waals surface area contributed by atoms with Crippen molar-refractivity contribution in [1.29, 1.82) is 0 Å². The maximum absolute atomic E-state index is 12.5. The van der Waals surface area contributed by atoms with Crippen LogP contribution in [0.15, 0.2) is 30.3 Å². The number of rotatable bonds is 3. The van der Waals surface area contributed by atoms with Gasteiger partial charge in [0.05, 0.1) is 10.4 Å². The average Bonchev–Trinajstić information content (AvgIpc) is 2.75. The molecule has 1 N–H and O–H groups in total. The molecule has 2 heterocycles. The molecule has 1 unspecified atom stereocenters. The van der Waals surface area contributed by atoms with Gasteiger partial charge in [-0.25, -0.2) is 4.98 Å². The van der Waals surface area contributed by atoms with Crippen molar-refractivity contribution in [3.05, 3.63) is 45.2 Å². The number of halogens is 4. The first-order chi connectivity index (χ1) is 8.86. The third-order valence-corrected chi connectivity index (χ3v) is 3.84. The molecular formula is C12H10ClF3N2S. The fourth-order valence-corrected chi connectivity index (χ4v) is 2.59. The molecule has 0 amide bonds. The Labute approximate surface area is 117 Å². The van der Waals surface area contributed by atoms with Crippen LogP contribution in [0.3, 0.4) is 0 Å². The first kappa shape index (κ1) is 14.1. The molecule has 2 aromatic heterocycles. The van der Waals surface area contributed by atoms with E-state index >= 15 is 0 Å². The van der Waals surface area contributed by atoms with E-state index in [0.29, 0.717) is 4.34 Å². The van der Waals surface area contributed by atoms with Crippen LogP contribution < -0.4 is 5.32 Å². The van der Waals surface area contributed by atoms with Gasteiger partial charge in [0.25, 0.3) is 0 Å². The van der Waals surface area contributed by atoms with Crippen LogP contribution >= 0.6 is 22.9 Å². The summed E-state index contributed by atoms with van der Waals surface area (Å²) in [4.78, 5) is 4.49. The van der Waals surface area contributed by atoms with Gasteiger partial charge in [-0.05, 0) is 31.2 Å². The van der Waals surface area contributed by atoms with Gasteiger partial charge in [-0.3, -0.25) is 0 Å². The molecule has 0 radical (unpaired) electrons. The summed E-state index contributed by atoms with van der Waals surface area (Å²) in [6.45, 7) is 1.84. The standard InChI is InChI=1S/C12H10ClF3N2S/c1-7(8-5-6-10(13)19-8)17-11-4-2-3-9(18-11)12(14,15)16/h2-7H,1H3,(H,17,18). The number of nitrogens with one attached hydrogen (secondary N) is 1. The van der Waals surface area contributed by atoms with Crippen LogP contribution in [0, 0.1) is 0 Å².